The summed E-state index contributed by atoms with van der Waals surface area (Å²) in [6.07, 6.45) is 1.79. The van der Waals surface area contributed by atoms with Crippen LogP contribution in [0.5, 0.6) is 0 Å². The van der Waals surface area contributed by atoms with E-state index >= 15 is 0 Å². The van der Waals surface area contributed by atoms with E-state index in [1.54, 1.807) is 17.5 Å². The Kier molecular flexibility index (Phi) is 3.47. The quantitative estimate of drug-likeness (QED) is 0.764. The smallest absolute Gasteiger partial charge is 0.184 e. The summed E-state index contributed by atoms with van der Waals surface area (Å²) in [7, 11) is 3.89. The zero-order valence-electron chi connectivity index (χ0n) is 8.82. The van der Waals surface area contributed by atoms with Gasteiger partial charge in [-0.3, -0.25) is 0 Å². The minimum absolute atomic E-state index is 0.0541. The Morgan fingerprint density at radius 3 is 2.64 bits per heavy atom. The number of aromatic nitrogens is 1. The maximum Gasteiger partial charge on any atom is 0.184 e. The van der Waals surface area contributed by atoms with Crippen LogP contribution in [0.1, 0.15) is 11.8 Å². The van der Waals surface area contributed by atoms with Crippen LogP contribution >= 0.6 is 11.3 Å². The van der Waals surface area contributed by atoms with Crippen molar-refractivity contribution in [1.29, 1.82) is 0 Å². The molecule has 0 aliphatic rings. The van der Waals surface area contributed by atoms with Gasteiger partial charge in [0.2, 0.25) is 0 Å². The summed E-state index contributed by atoms with van der Waals surface area (Å²) in [6.45, 7) is 2.43. The maximum atomic E-state index is 9.27. The molecule has 0 aliphatic carbocycles. The van der Waals surface area contributed by atoms with E-state index in [2.05, 4.69) is 4.98 Å². The Balaban J connectivity index is 2.95. The SMILES string of the molecule is CN(C)c1ncc(C(C)(CN)CO)s1. The van der Waals surface area contributed by atoms with E-state index in [4.69, 9.17) is 5.73 Å². The lowest BCUT2D eigenvalue weighted by Gasteiger charge is -2.22. The lowest BCUT2D eigenvalue weighted by atomic mass is 9.91. The molecule has 80 valence electrons. The van der Waals surface area contributed by atoms with Crippen LogP contribution in [-0.2, 0) is 5.41 Å². The van der Waals surface area contributed by atoms with E-state index in [9.17, 15) is 5.11 Å². The number of nitrogens with zero attached hydrogens (tertiary/aromatic N) is 2. The monoisotopic (exact) mass is 215 g/mol. The molecule has 0 fully saturated rings. The van der Waals surface area contributed by atoms with Crippen molar-refractivity contribution in [2.24, 2.45) is 5.73 Å². The lowest BCUT2D eigenvalue weighted by molar-refractivity contribution is 0.212. The van der Waals surface area contributed by atoms with Gasteiger partial charge in [-0.25, -0.2) is 4.98 Å². The maximum absolute atomic E-state index is 9.27. The predicted octanol–water partition coefficient (Wildman–Crippen LogP) is 0.418. The van der Waals surface area contributed by atoms with E-state index in [0.29, 0.717) is 6.54 Å². The van der Waals surface area contributed by atoms with E-state index in [0.717, 1.165) is 10.0 Å². The van der Waals surface area contributed by atoms with Crippen LogP contribution in [0.2, 0.25) is 0 Å². The first-order chi connectivity index (χ1) is 6.53. The molecule has 0 bridgehead atoms. The first-order valence-electron chi connectivity index (χ1n) is 4.48. The molecule has 0 aromatic carbocycles. The fraction of sp³-hybridized carbons (Fsp3) is 0.667. The van der Waals surface area contributed by atoms with Crippen molar-refractivity contribution in [3.8, 4) is 0 Å². The molecule has 0 saturated heterocycles. The van der Waals surface area contributed by atoms with Crippen LogP contribution in [0.15, 0.2) is 6.20 Å². The van der Waals surface area contributed by atoms with Gasteiger partial charge in [-0.05, 0) is 0 Å². The molecule has 4 nitrogen and oxygen atoms in total. The van der Waals surface area contributed by atoms with Crippen molar-refractivity contribution in [2.45, 2.75) is 12.3 Å². The molecule has 1 atom stereocenters. The Bertz CT molecular complexity index is 294. The van der Waals surface area contributed by atoms with Gasteiger partial charge in [0.1, 0.15) is 0 Å². The van der Waals surface area contributed by atoms with E-state index in [1.807, 2.05) is 25.9 Å². The normalized spacial score (nSPS) is 15.2. The second kappa shape index (κ2) is 4.25. The molecular weight excluding hydrogens is 198 g/mol. The van der Waals surface area contributed by atoms with Crippen molar-refractivity contribution in [1.82, 2.24) is 4.98 Å². The topological polar surface area (TPSA) is 62.4 Å². The van der Waals surface area contributed by atoms with Gasteiger partial charge >= 0.3 is 0 Å². The third-order valence-corrected chi connectivity index (χ3v) is 3.74. The fourth-order valence-corrected chi connectivity index (χ4v) is 1.98. The van der Waals surface area contributed by atoms with Gasteiger partial charge in [0, 0.05) is 37.1 Å². The van der Waals surface area contributed by atoms with Crippen LogP contribution < -0.4 is 10.6 Å². The predicted molar refractivity (Wildman–Crippen MR) is 59.9 cm³/mol. The number of hydrogen-bond donors (Lipinski definition) is 2. The van der Waals surface area contributed by atoms with Crippen molar-refractivity contribution < 1.29 is 5.11 Å². The zero-order chi connectivity index (χ0) is 10.8. The third kappa shape index (κ3) is 2.05. The molecule has 1 aromatic rings. The van der Waals surface area contributed by atoms with Crippen LogP contribution in [0.4, 0.5) is 5.13 Å². The zero-order valence-corrected chi connectivity index (χ0v) is 9.64. The fourth-order valence-electron chi connectivity index (χ4n) is 0.994. The summed E-state index contributed by atoms with van der Waals surface area (Å²) < 4.78 is 0. The van der Waals surface area contributed by atoms with E-state index < -0.39 is 0 Å². The molecule has 0 spiro atoms. The number of aliphatic hydroxyl groups is 1. The third-order valence-electron chi connectivity index (χ3n) is 2.27. The highest BCUT2D eigenvalue weighted by atomic mass is 32.1. The van der Waals surface area contributed by atoms with E-state index in [-0.39, 0.29) is 12.0 Å². The molecule has 1 unspecified atom stereocenters. The molecule has 0 saturated carbocycles. The summed E-state index contributed by atoms with van der Waals surface area (Å²) in [5.74, 6) is 0. The number of aliphatic hydroxyl groups excluding tert-OH is 1. The van der Waals surface area contributed by atoms with Gasteiger partial charge in [0.25, 0.3) is 0 Å². The van der Waals surface area contributed by atoms with Crippen LogP contribution in [0.25, 0.3) is 0 Å². The van der Waals surface area contributed by atoms with Gasteiger partial charge in [-0.2, -0.15) is 0 Å². The molecule has 14 heavy (non-hydrogen) atoms. The summed E-state index contributed by atoms with van der Waals surface area (Å²) in [5, 5.41) is 10.2. The summed E-state index contributed by atoms with van der Waals surface area (Å²) in [5.41, 5.74) is 5.28. The molecule has 0 aliphatic heterocycles. The minimum Gasteiger partial charge on any atom is -0.395 e. The van der Waals surface area contributed by atoms with Crippen molar-refractivity contribution in [3.05, 3.63) is 11.1 Å². The highest BCUT2D eigenvalue weighted by molar-refractivity contribution is 7.15. The van der Waals surface area contributed by atoms with Gasteiger partial charge in [0.15, 0.2) is 5.13 Å². The van der Waals surface area contributed by atoms with Crippen molar-refractivity contribution in [3.63, 3.8) is 0 Å². The number of thiazole rings is 1. The van der Waals surface area contributed by atoms with Crippen LogP contribution in [0, 0.1) is 0 Å². The Labute approximate surface area is 88.4 Å². The van der Waals surface area contributed by atoms with Crippen molar-refractivity contribution in [2.75, 3.05) is 32.1 Å². The Morgan fingerprint density at radius 1 is 1.64 bits per heavy atom. The van der Waals surface area contributed by atoms with Crippen LogP contribution in [0.3, 0.4) is 0 Å². The first-order valence-corrected chi connectivity index (χ1v) is 5.29. The largest absolute Gasteiger partial charge is 0.395 e. The van der Waals surface area contributed by atoms with Gasteiger partial charge < -0.3 is 15.7 Å². The average molecular weight is 215 g/mol. The lowest BCUT2D eigenvalue weighted by Crippen LogP contribution is -2.34. The second-order valence-electron chi connectivity index (χ2n) is 3.82. The van der Waals surface area contributed by atoms with Gasteiger partial charge in [-0.1, -0.05) is 6.92 Å². The second-order valence-corrected chi connectivity index (χ2v) is 4.83. The first kappa shape index (κ1) is 11.4. The van der Waals surface area contributed by atoms with Crippen LogP contribution in [-0.4, -0.2) is 37.3 Å². The molecule has 0 radical (unpaired) electrons. The summed E-state index contributed by atoms with van der Waals surface area (Å²) in [4.78, 5) is 7.24. The standard InChI is InChI=1S/C9H17N3OS/c1-9(5-10,6-13)7-4-11-8(14-7)12(2)3/h4,13H,5-6,10H2,1-3H3. The number of nitrogens with two attached hydrogens (primary N) is 1. The number of anilines is 1. The molecule has 0 amide bonds. The average Bonchev–Trinajstić information content (AvgIpc) is 2.66. The van der Waals surface area contributed by atoms with E-state index in [1.165, 1.54) is 0 Å². The summed E-state index contributed by atoms with van der Waals surface area (Å²) in [6, 6.07) is 0. The molecule has 3 N–H and O–H groups in total. The molecule has 1 aromatic heterocycles. The number of rotatable bonds is 4. The summed E-state index contributed by atoms with van der Waals surface area (Å²) >= 11 is 1.57. The molecule has 1 rings (SSSR count). The highest BCUT2D eigenvalue weighted by Gasteiger charge is 2.26. The minimum atomic E-state index is -0.355. The molecule has 5 heteroatoms. The Morgan fingerprint density at radius 2 is 2.29 bits per heavy atom. The molecule has 1 heterocycles. The number of hydrogen-bond acceptors (Lipinski definition) is 5. The van der Waals surface area contributed by atoms with Gasteiger partial charge in [0.05, 0.1) is 6.61 Å². The van der Waals surface area contributed by atoms with Gasteiger partial charge in [-0.15, -0.1) is 11.3 Å². The Hall–Kier alpha value is -0.650. The highest BCUT2D eigenvalue weighted by Crippen LogP contribution is 2.30. The molecular formula is C9H17N3OS. The van der Waals surface area contributed by atoms with Crippen molar-refractivity contribution >= 4 is 16.5 Å².